The fraction of sp³-hybridized carbons (Fsp3) is 0.800. The summed E-state index contributed by atoms with van der Waals surface area (Å²) in [6.07, 6.45) is 9.77. The van der Waals surface area contributed by atoms with E-state index in [1.54, 1.807) is 27.9 Å². The molecule has 4 N–H and O–H groups in total. The number of aliphatic hydroxyl groups excluding tert-OH is 3. The molecule has 0 radical (unpaired) electrons. The Bertz CT molecular complexity index is 901. The lowest BCUT2D eigenvalue weighted by atomic mass is 9.92. The second-order valence-electron chi connectivity index (χ2n) is 13.1. The number of aliphatic hydroxyl groups is 3. The first kappa shape index (κ1) is 40.0. The SMILES string of the molecule is CC[C@H]1/C=C/C=C(\COC)CC[C@@H](O)[C@@H](O)C[C@H](O)CNC(=O)[C@@H](C(C)C)OC(=O)[C@@H](C)C[C@H](C)CCCCC(=O)CCC1. The third kappa shape index (κ3) is 16.8. The number of nitrogens with one attached hydrogen (secondary N) is 1. The monoisotopic (exact) mass is 623 g/mol. The molecule has 0 spiro atoms. The molecule has 7 atom stereocenters. The van der Waals surface area contributed by atoms with Gasteiger partial charge in [0.2, 0.25) is 0 Å². The Hall–Kier alpha value is -2.07. The van der Waals surface area contributed by atoms with Gasteiger partial charge in [0.15, 0.2) is 6.10 Å². The zero-order valence-corrected chi connectivity index (χ0v) is 28.1. The van der Waals surface area contributed by atoms with Crippen molar-refractivity contribution in [3.05, 3.63) is 23.8 Å². The lowest BCUT2D eigenvalue weighted by molar-refractivity contribution is -0.162. The summed E-state index contributed by atoms with van der Waals surface area (Å²) in [6, 6.07) is 0. The minimum Gasteiger partial charge on any atom is -0.452 e. The average molecular weight is 624 g/mol. The molecule has 1 aliphatic rings. The number of methoxy groups -OCH3 is 1. The largest absolute Gasteiger partial charge is 0.452 e. The van der Waals surface area contributed by atoms with Gasteiger partial charge in [0.25, 0.3) is 5.91 Å². The number of ether oxygens (including phenoxy) is 2. The normalized spacial score (nSPS) is 32.9. The maximum Gasteiger partial charge on any atom is 0.309 e. The topological polar surface area (TPSA) is 142 Å². The van der Waals surface area contributed by atoms with Crippen LogP contribution >= 0.6 is 0 Å². The van der Waals surface area contributed by atoms with E-state index in [9.17, 15) is 29.7 Å². The predicted octanol–water partition coefficient (Wildman–Crippen LogP) is 5.05. The fourth-order valence-electron chi connectivity index (χ4n) is 5.59. The van der Waals surface area contributed by atoms with Crippen LogP contribution in [0.15, 0.2) is 23.8 Å². The Kier molecular flexibility index (Phi) is 20.4. The van der Waals surface area contributed by atoms with Gasteiger partial charge in [0.05, 0.1) is 30.8 Å². The van der Waals surface area contributed by atoms with Crippen molar-refractivity contribution in [2.45, 2.75) is 136 Å². The minimum absolute atomic E-state index is 0.119. The van der Waals surface area contributed by atoms with Crippen LogP contribution in [0.1, 0.15) is 112 Å². The van der Waals surface area contributed by atoms with Crippen molar-refractivity contribution in [1.82, 2.24) is 5.32 Å². The van der Waals surface area contributed by atoms with Gasteiger partial charge in [-0.15, -0.1) is 0 Å². The van der Waals surface area contributed by atoms with E-state index in [1.165, 1.54) is 0 Å². The molecule has 1 heterocycles. The maximum absolute atomic E-state index is 12.9. The van der Waals surface area contributed by atoms with Gasteiger partial charge in [-0.25, -0.2) is 0 Å². The molecule has 0 aromatic heterocycles. The van der Waals surface area contributed by atoms with Crippen LogP contribution in [0, 0.1) is 23.7 Å². The maximum atomic E-state index is 12.9. The molecule has 0 saturated heterocycles. The Morgan fingerprint density at radius 2 is 1.66 bits per heavy atom. The highest BCUT2D eigenvalue weighted by molar-refractivity contribution is 5.84. The van der Waals surface area contributed by atoms with Gasteiger partial charge < -0.3 is 30.1 Å². The van der Waals surface area contributed by atoms with E-state index in [-0.39, 0.29) is 37.1 Å². The van der Waals surface area contributed by atoms with Gasteiger partial charge in [-0.3, -0.25) is 14.4 Å². The number of hydrogen-bond donors (Lipinski definition) is 4. The molecule has 1 aliphatic heterocycles. The molecule has 254 valence electrons. The number of allylic oxidation sites excluding steroid dienone is 3. The number of β-amino-alcohol motifs (C(OH)–C–C–N with tert-alkyl or cyclic N) is 1. The first-order valence-electron chi connectivity index (χ1n) is 16.8. The van der Waals surface area contributed by atoms with Crippen molar-refractivity contribution in [1.29, 1.82) is 0 Å². The predicted molar refractivity (Wildman–Crippen MR) is 173 cm³/mol. The number of amides is 1. The third-order valence-electron chi connectivity index (χ3n) is 8.50. The molecule has 0 aromatic carbocycles. The van der Waals surface area contributed by atoms with Gasteiger partial charge in [-0.2, -0.15) is 0 Å². The van der Waals surface area contributed by atoms with E-state index in [0.29, 0.717) is 44.0 Å². The highest BCUT2D eigenvalue weighted by Crippen LogP contribution is 2.22. The van der Waals surface area contributed by atoms with Gasteiger partial charge in [-0.05, 0) is 68.3 Å². The molecular weight excluding hydrogens is 562 g/mol. The first-order valence-corrected chi connectivity index (χ1v) is 16.8. The number of ketones is 1. The van der Waals surface area contributed by atoms with Crippen molar-refractivity contribution in [3.8, 4) is 0 Å². The molecular formula is C35H61NO8. The van der Waals surface area contributed by atoms with E-state index >= 15 is 0 Å². The standard InChI is InChI=1S/C35H61NO8/c1-7-27-13-10-15-28(23-43-6)18-19-31(39)32(40)21-30(38)22-36-34(41)33(24(2)3)44-35(42)26(5)20-25(4)12-8-9-16-29(37)17-11-14-27/h10,13,15,24-27,30-33,38-40H,7-9,11-12,14,16-23H2,1-6H3,(H,36,41)/b13-10+,28-15-/t25-,26+,27+,30+,31-,32+,33-/m1/s1. The Balaban J connectivity index is 2.97. The molecule has 0 aliphatic carbocycles. The number of esters is 1. The lowest BCUT2D eigenvalue weighted by Gasteiger charge is -2.25. The number of rotatable bonds is 4. The van der Waals surface area contributed by atoms with Crippen molar-refractivity contribution in [3.63, 3.8) is 0 Å². The highest BCUT2D eigenvalue weighted by Gasteiger charge is 2.30. The van der Waals surface area contributed by atoms with Gasteiger partial charge in [-0.1, -0.05) is 65.7 Å². The summed E-state index contributed by atoms with van der Waals surface area (Å²) < 4.78 is 10.9. The number of carbonyl (C=O) groups excluding carboxylic acids is 3. The zero-order chi connectivity index (χ0) is 33.1. The summed E-state index contributed by atoms with van der Waals surface area (Å²) in [5.74, 6) is -0.649. The third-order valence-corrected chi connectivity index (χ3v) is 8.50. The number of Topliss-reactive ketones (excluding diaryl/α,β-unsaturated/α-hetero) is 1. The molecule has 9 heteroatoms. The highest BCUT2D eigenvalue weighted by atomic mass is 16.5. The lowest BCUT2D eigenvalue weighted by Crippen LogP contribution is -2.45. The van der Waals surface area contributed by atoms with Crippen LogP contribution in [0.4, 0.5) is 0 Å². The molecule has 1 rings (SSSR count). The molecule has 0 bridgehead atoms. The van der Waals surface area contributed by atoms with Crippen LogP contribution < -0.4 is 5.32 Å². The molecule has 0 unspecified atom stereocenters. The second-order valence-corrected chi connectivity index (χ2v) is 13.1. The molecule has 9 nitrogen and oxygen atoms in total. The van der Waals surface area contributed by atoms with Crippen LogP contribution in [0.2, 0.25) is 0 Å². The molecule has 1 amide bonds. The van der Waals surface area contributed by atoms with Gasteiger partial charge >= 0.3 is 5.97 Å². The smallest absolute Gasteiger partial charge is 0.309 e. The molecule has 0 fully saturated rings. The number of hydrogen-bond acceptors (Lipinski definition) is 8. The molecule has 44 heavy (non-hydrogen) atoms. The van der Waals surface area contributed by atoms with Gasteiger partial charge in [0, 0.05) is 32.9 Å². The molecule has 0 saturated carbocycles. The summed E-state index contributed by atoms with van der Waals surface area (Å²) >= 11 is 0. The van der Waals surface area contributed by atoms with Crippen LogP contribution in [-0.4, -0.2) is 77.7 Å². The first-order chi connectivity index (χ1) is 20.9. The quantitative estimate of drug-likeness (QED) is 0.319. The van der Waals surface area contributed by atoms with Crippen molar-refractivity contribution >= 4 is 17.7 Å². The summed E-state index contributed by atoms with van der Waals surface area (Å²) in [6.45, 7) is 9.87. The summed E-state index contributed by atoms with van der Waals surface area (Å²) in [5.41, 5.74) is 0.971. The van der Waals surface area contributed by atoms with Crippen LogP contribution in [0.5, 0.6) is 0 Å². The Morgan fingerprint density at radius 3 is 2.32 bits per heavy atom. The number of carbonyl (C=O) groups is 3. The van der Waals surface area contributed by atoms with Gasteiger partial charge in [0.1, 0.15) is 5.78 Å². The molecule has 0 aromatic rings. The van der Waals surface area contributed by atoms with Crippen LogP contribution in [0.25, 0.3) is 0 Å². The zero-order valence-electron chi connectivity index (χ0n) is 28.1. The van der Waals surface area contributed by atoms with Crippen molar-refractivity contribution < 1.29 is 39.2 Å². The minimum atomic E-state index is -1.18. The van der Waals surface area contributed by atoms with Crippen LogP contribution in [-0.2, 0) is 23.9 Å². The summed E-state index contributed by atoms with van der Waals surface area (Å²) in [4.78, 5) is 38.2. The van der Waals surface area contributed by atoms with E-state index in [0.717, 1.165) is 44.1 Å². The number of cyclic esters (lactones) is 1. The Morgan fingerprint density at radius 1 is 0.955 bits per heavy atom. The van der Waals surface area contributed by atoms with Crippen molar-refractivity contribution in [2.24, 2.45) is 23.7 Å². The van der Waals surface area contributed by atoms with E-state index in [4.69, 9.17) is 9.47 Å². The van der Waals surface area contributed by atoms with E-state index < -0.39 is 36.3 Å². The fourth-order valence-corrected chi connectivity index (χ4v) is 5.59. The Labute approximate surface area is 265 Å². The van der Waals surface area contributed by atoms with E-state index in [1.807, 2.05) is 12.2 Å². The summed E-state index contributed by atoms with van der Waals surface area (Å²) in [5, 5.41) is 34.2. The van der Waals surface area contributed by atoms with Crippen molar-refractivity contribution in [2.75, 3.05) is 20.3 Å². The van der Waals surface area contributed by atoms with E-state index in [2.05, 4.69) is 25.2 Å². The van der Waals surface area contributed by atoms with Crippen LogP contribution in [0.3, 0.4) is 0 Å². The average Bonchev–Trinajstić information content (AvgIpc) is 2.97. The summed E-state index contributed by atoms with van der Waals surface area (Å²) in [7, 11) is 1.61. The second kappa shape index (κ2) is 22.4.